The highest BCUT2D eigenvalue weighted by Crippen LogP contribution is 2.34. The van der Waals surface area contributed by atoms with Crippen molar-refractivity contribution >= 4 is 46.7 Å². The second-order valence-corrected chi connectivity index (χ2v) is 8.62. The molecule has 0 spiro atoms. The zero-order valence-electron chi connectivity index (χ0n) is 11.1. The predicted octanol–water partition coefficient (Wildman–Crippen LogP) is 3.57. The van der Waals surface area contributed by atoms with Crippen LogP contribution >= 0.6 is 31.5 Å². The Morgan fingerprint density at radius 3 is 1.80 bits per heavy atom. The second kappa shape index (κ2) is 6.01. The van der Waals surface area contributed by atoms with Crippen molar-refractivity contribution in [3.05, 3.63) is 70.8 Å². The lowest BCUT2D eigenvalue weighted by Gasteiger charge is -2.16. The number of hydrogen-bond acceptors (Lipinski definition) is 2. The summed E-state index contributed by atoms with van der Waals surface area (Å²) in [6, 6.07) is 21.4. The van der Waals surface area contributed by atoms with E-state index in [9.17, 15) is 0 Å². The van der Waals surface area contributed by atoms with E-state index in [0.717, 1.165) is 3.95 Å². The molecule has 3 aromatic rings. The molecule has 0 atom stereocenters. The lowest BCUT2D eigenvalue weighted by molar-refractivity contribution is 0.923. The zero-order valence-corrected chi connectivity index (χ0v) is 13.6. The molecule has 20 heavy (non-hydrogen) atoms. The van der Waals surface area contributed by atoms with Crippen molar-refractivity contribution in [3.8, 4) is 0 Å². The number of rotatable bonds is 3. The van der Waals surface area contributed by atoms with Gasteiger partial charge in [0.25, 0.3) is 0 Å². The van der Waals surface area contributed by atoms with Crippen molar-refractivity contribution in [1.82, 2.24) is 4.57 Å². The number of benzene rings is 2. The van der Waals surface area contributed by atoms with Gasteiger partial charge in [-0.05, 0) is 30.7 Å². The van der Waals surface area contributed by atoms with Crippen LogP contribution in [0.1, 0.15) is 0 Å². The highest BCUT2D eigenvalue weighted by molar-refractivity contribution is 7.84. The molecular formula is C16H14NPS2. The third-order valence-electron chi connectivity index (χ3n) is 3.03. The van der Waals surface area contributed by atoms with Gasteiger partial charge in [-0.25, -0.2) is 0 Å². The Morgan fingerprint density at radius 1 is 0.900 bits per heavy atom. The Kier molecular flexibility index (Phi) is 4.11. The smallest absolute Gasteiger partial charge is 0.161 e. The van der Waals surface area contributed by atoms with Crippen LogP contribution in [0.4, 0.5) is 0 Å². The maximum absolute atomic E-state index is 5.39. The van der Waals surface area contributed by atoms with Crippen molar-refractivity contribution in [3.63, 3.8) is 0 Å². The van der Waals surface area contributed by atoms with E-state index in [4.69, 9.17) is 12.2 Å². The van der Waals surface area contributed by atoms with Crippen molar-refractivity contribution in [2.24, 2.45) is 7.05 Å². The van der Waals surface area contributed by atoms with Gasteiger partial charge < -0.3 is 4.57 Å². The van der Waals surface area contributed by atoms with E-state index >= 15 is 0 Å². The minimum Gasteiger partial charge on any atom is -0.332 e. The first-order valence-electron chi connectivity index (χ1n) is 6.32. The van der Waals surface area contributed by atoms with Crippen molar-refractivity contribution in [2.45, 2.75) is 0 Å². The lowest BCUT2D eigenvalue weighted by atomic mass is 10.4. The van der Waals surface area contributed by atoms with Crippen molar-refractivity contribution < 1.29 is 0 Å². The Hall–Kier alpha value is -1.28. The Bertz CT molecular complexity index is 707. The fourth-order valence-electron chi connectivity index (χ4n) is 2.07. The number of aryl methyl sites for hydroxylation is 1. The van der Waals surface area contributed by atoms with Crippen LogP contribution in [-0.4, -0.2) is 4.57 Å². The van der Waals surface area contributed by atoms with Gasteiger partial charge in [-0.2, -0.15) is 0 Å². The van der Waals surface area contributed by atoms with Crippen molar-refractivity contribution in [1.29, 1.82) is 0 Å². The maximum Gasteiger partial charge on any atom is 0.161 e. The number of hydrogen-bond donors (Lipinski definition) is 0. The molecule has 2 aromatic carbocycles. The highest BCUT2D eigenvalue weighted by atomic mass is 32.2. The quantitative estimate of drug-likeness (QED) is 0.528. The molecule has 1 heterocycles. The van der Waals surface area contributed by atoms with E-state index in [0.29, 0.717) is 0 Å². The molecule has 1 aromatic heterocycles. The minimum absolute atomic E-state index is 0.510. The molecule has 0 amide bonds. The third kappa shape index (κ3) is 2.76. The van der Waals surface area contributed by atoms with Gasteiger partial charge in [0.05, 0.1) is 4.62 Å². The summed E-state index contributed by atoms with van der Waals surface area (Å²) in [5.41, 5.74) is 0. The van der Waals surface area contributed by atoms with Gasteiger partial charge >= 0.3 is 0 Å². The molecule has 0 aliphatic rings. The monoisotopic (exact) mass is 315 g/mol. The predicted molar refractivity (Wildman–Crippen MR) is 92.8 cm³/mol. The topological polar surface area (TPSA) is 4.93 Å². The fourth-order valence-corrected chi connectivity index (χ4v) is 6.45. The molecular weight excluding hydrogens is 301 g/mol. The summed E-state index contributed by atoms with van der Waals surface area (Å²) in [6.45, 7) is 0. The van der Waals surface area contributed by atoms with Crippen LogP contribution in [0.3, 0.4) is 0 Å². The highest BCUT2D eigenvalue weighted by Gasteiger charge is 2.18. The van der Waals surface area contributed by atoms with Crippen LogP contribution in [-0.2, 0) is 7.05 Å². The molecule has 0 aliphatic carbocycles. The number of thiazole rings is 1. The van der Waals surface area contributed by atoms with Gasteiger partial charge in [0, 0.05) is 13.2 Å². The minimum atomic E-state index is -0.510. The van der Waals surface area contributed by atoms with Gasteiger partial charge in [0.2, 0.25) is 0 Å². The number of aromatic nitrogens is 1. The van der Waals surface area contributed by atoms with E-state index in [1.54, 1.807) is 11.3 Å². The van der Waals surface area contributed by atoms with E-state index in [1.807, 2.05) is 11.6 Å². The third-order valence-corrected chi connectivity index (χ3v) is 7.36. The molecule has 1 nitrogen and oxygen atoms in total. The molecule has 0 saturated heterocycles. The van der Waals surface area contributed by atoms with E-state index < -0.39 is 7.92 Å². The van der Waals surface area contributed by atoms with Crippen LogP contribution in [0.5, 0.6) is 0 Å². The Balaban J connectivity index is 2.16. The molecule has 0 unspecified atom stereocenters. The van der Waals surface area contributed by atoms with Crippen LogP contribution in [0.2, 0.25) is 0 Å². The maximum atomic E-state index is 5.39. The Labute approximate surface area is 129 Å². The molecule has 0 N–H and O–H groups in total. The van der Waals surface area contributed by atoms with E-state index in [1.165, 1.54) is 15.2 Å². The van der Waals surface area contributed by atoms with Crippen LogP contribution in [0.25, 0.3) is 0 Å². The van der Waals surface area contributed by atoms with Crippen molar-refractivity contribution in [2.75, 3.05) is 0 Å². The van der Waals surface area contributed by atoms with Gasteiger partial charge in [0.1, 0.15) is 0 Å². The molecule has 3 rings (SSSR count). The summed E-state index contributed by atoms with van der Waals surface area (Å²) in [7, 11) is 1.51. The zero-order chi connectivity index (χ0) is 13.9. The molecule has 0 radical (unpaired) electrons. The fraction of sp³-hybridized carbons (Fsp3) is 0.0625. The molecule has 0 bridgehead atoms. The number of nitrogens with zero attached hydrogens (tertiary/aromatic N) is 1. The largest absolute Gasteiger partial charge is 0.332 e. The molecule has 0 aliphatic heterocycles. The van der Waals surface area contributed by atoms with E-state index in [-0.39, 0.29) is 0 Å². The second-order valence-electron chi connectivity index (χ2n) is 4.45. The first-order valence-corrected chi connectivity index (χ1v) is 8.89. The lowest BCUT2D eigenvalue weighted by Crippen LogP contribution is -2.18. The first kappa shape index (κ1) is 13.7. The van der Waals surface area contributed by atoms with Crippen LogP contribution < -0.4 is 15.2 Å². The average molecular weight is 315 g/mol. The SMILES string of the molecule is Cn1cc(P(c2ccccc2)c2ccccc2)sc1=S. The van der Waals surface area contributed by atoms with Gasteiger partial charge in [-0.3, -0.25) is 0 Å². The van der Waals surface area contributed by atoms with Gasteiger partial charge in [-0.1, -0.05) is 60.7 Å². The first-order chi connectivity index (χ1) is 9.75. The molecule has 0 fully saturated rings. The normalized spacial score (nSPS) is 10.9. The average Bonchev–Trinajstić information content (AvgIpc) is 2.81. The molecule has 100 valence electrons. The van der Waals surface area contributed by atoms with Crippen LogP contribution in [0, 0.1) is 3.95 Å². The summed E-state index contributed by atoms with van der Waals surface area (Å²) in [4.78, 5) is 0. The molecule has 0 saturated carbocycles. The van der Waals surface area contributed by atoms with E-state index in [2.05, 4.69) is 66.9 Å². The Morgan fingerprint density at radius 2 is 1.40 bits per heavy atom. The summed E-state index contributed by atoms with van der Waals surface area (Å²) >= 11 is 7.10. The van der Waals surface area contributed by atoms with Gasteiger partial charge in [-0.15, -0.1) is 11.3 Å². The standard InChI is InChI=1S/C16H14NPS2/c1-17-12-15(20-16(17)19)18(13-8-4-2-5-9-13)14-10-6-3-7-11-14/h2-12H,1H3. The summed E-state index contributed by atoms with van der Waals surface area (Å²) < 4.78 is 4.32. The summed E-state index contributed by atoms with van der Waals surface area (Å²) in [5, 5.41) is 2.73. The summed E-state index contributed by atoms with van der Waals surface area (Å²) in [6.07, 6.45) is 2.18. The van der Waals surface area contributed by atoms with Gasteiger partial charge in [0.15, 0.2) is 3.95 Å². The van der Waals surface area contributed by atoms with Crippen LogP contribution in [0.15, 0.2) is 66.9 Å². The molecule has 4 heteroatoms. The summed E-state index contributed by atoms with van der Waals surface area (Å²) in [5.74, 6) is 0.